The molecule has 2 saturated carbocycles. The molecule has 1 saturated heterocycles. The zero-order valence-electron chi connectivity index (χ0n) is 11.2. The highest BCUT2D eigenvalue weighted by Gasteiger charge is 2.39. The summed E-state index contributed by atoms with van der Waals surface area (Å²) < 4.78 is 11.7. The van der Waals surface area contributed by atoms with E-state index in [1.807, 2.05) is 0 Å². The summed E-state index contributed by atoms with van der Waals surface area (Å²) in [5.41, 5.74) is 0. The highest BCUT2D eigenvalue weighted by Crippen LogP contribution is 2.42. The average Bonchev–Trinajstić information content (AvgIpc) is 2.73. The molecule has 1 spiro atoms. The van der Waals surface area contributed by atoms with Gasteiger partial charge in [0.2, 0.25) is 0 Å². The summed E-state index contributed by atoms with van der Waals surface area (Å²) >= 11 is 0. The molecule has 3 rings (SSSR count). The van der Waals surface area contributed by atoms with Gasteiger partial charge in [0.25, 0.3) is 0 Å². The van der Waals surface area contributed by atoms with Crippen molar-refractivity contribution in [1.82, 2.24) is 0 Å². The third-order valence-corrected chi connectivity index (χ3v) is 5.10. The van der Waals surface area contributed by atoms with Crippen LogP contribution in [-0.4, -0.2) is 24.8 Å². The molecule has 0 amide bonds. The topological polar surface area (TPSA) is 35.5 Å². The molecule has 0 aromatic heterocycles. The fourth-order valence-corrected chi connectivity index (χ4v) is 4.00. The van der Waals surface area contributed by atoms with Crippen molar-refractivity contribution in [2.24, 2.45) is 11.8 Å². The van der Waals surface area contributed by atoms with Crippen LogP contribution in [0, 0.1) is 11.8 Å². The summed E-state index contributed by atoms with van der Waals surface area (Å²) in [5.74, 6) is 1.81. The van der Waals surface area contributed by atoms with E-state index in [2.05, 4.69) is 0 Å². The zero-order valence-corrected chi connectivity index (χ0v) is 11.2. The minimum atomic E-state index is -0.237. The normalized spacial score (nSPS) is 33.8. The number of ketones is 1. The Morgan fingerprint density at radius 3 is 2.28 bits per heavy atom. The van der Waals surface area contributed by atoms with Crippen LogP contribution in [0.4, 0.5) is 0 Å². The number of carbonyl (C=O) groups excluding carboxylic acids is 1. The Labute approximate surface area is 109 Å². The van der Waals surface area contributed by atoms with Gasteiger partial charge in [0.1, 0.15) is 5.78 Å². The summed E-state index contributed by atoms with van der Waals surface area (Å²) in [6.07, 6.45) is 9.74. The Kier molecular flexibility index (Phi) is 3.71. The predicted molar refractivity (Wildman–Crippen MR) is 68.2 cm³/mol. The molecule has 3 nitrogen and oxygen atoms in total. The van der Waals surface area contributed by atoms with Crippen molar-refractivity contribution < 1.29 is 14.3 Å². The monoisotopic (exact) mass is 252 g/mol. The Morgan fingerprint density at radius 1 is 0.889 bits per heavy atom. The summed E-state index contributed by atoms with van der Waals surface area (Å²) in [7, 11) is 0. The number of Topliss-reactive ketones (excluding diaryl/α,β-unsaturated/α-hetero) is 1. The standard InChI is InChI=1S/C15H24O3/c16-14-5-3-13(4-6-14)12-2-1-8-15(9-7-12)17-10-11-18-15/h12-13H,1-11H2. The first-order valence-corrected chi connectivity index (χ1v) is 7.57. The smallest absolute Gasteiger partial charge is 0.168 e. The van der Waals surface area contributed by atoms with E-state index in [9.17, 15) is 4.79 Å². The molecule has 0 bridgehead atoms. The fourth-order valence-electron chi connectivity index (χ4n) is 4.00. The van der Waals surface area contributed by atoms with Crippen molar-refractivity contribution in [3.8, 4) is 0 Å². The van der Waals surface area contributed by atoms with E-state index in [1.165, 1.54) is 19.3 Å². The highest BCUT2D eigenvalue weighted by atomic mass is 16.7. The van der Waals surface area contributed by atoms with E-state index < -0.39 is 0 Å². The van der Waals surface area contributed by atoms with Crippen LogP contribution in [0.5, 0.6) is 0 Å². The van der Waals surface area contributed by atoms with E-state index >= 15 is 0 Å². The quantitative estimate of drug-likeness (QED) is 0.719. The number of hydrogen-bond acceptors (Lipinski definition) is 3. The van der Waals surface area contributed by atoms with Gasteiger partial charge in [0, 0.05) is 25.7 Å². The van der Waals surface area contributed by atoms with Gasteiger partial charge in [-0.2, -0.15) is 0 Å². The number of hydrogen-bond donors (Lipinski definition) is 0. The molecule has 0 radical (unpaired) electrons. The van der Waals surface area contributed by atoms with E-state index in [0.717, 1.165) is 63.6 Å². The predicted octanol–water partition coefficient (Wildman–Crippen LogP) is 3.07. The van der Waals surface area contributed by atoms with E-state index in [1.54, 1.807) is 0 Å². The summed E-state index contributed by atoms with van der Waals surface area (Å²) in [4.78, 5) is 11.3. The first-order valence-electron chi connectivity index (χ1n) is 7.57. The van der Waals surface area contributed by atoms with Crippen molar-refractivity contribution in [1.29, 1.82) is 0 Å². The summed E-state index contributed by atoms with van der Waals surface area (Å²) in [6, 6.07) is 0. The molecule has 3 heteroatoms. The second-order valence-corrected chi connectivity index (χ2v) is 6.17. The maximum Gasteiger partial charge on any atom is 0.168 e. The molecule has 1 unspecified atom stereocenters. The van der Waals surface area contributed by atoms with Crippen LogP contribution >= 0.6 is 0 Å². The van der Waals surface area contributed by atoms with Gasteiger partial charge in [-0.1, -0.05) is 0 Å². The molecule has 3 fully saturated rings. The molecule has 0 N–H and O–H groups in total. The summed E-state index contributed by atoms with van der Waals surface area (Å²) in [6.45, 7) is 1.53. The molecule has 1 aliphatic heterocycles. The number of ether oxygens (including phenoxy) is 2. The van der Waals surface area contributed by atoms with Gasteiger partial charge in [-0.15, -0.1) is 0 Å². The van der Waals surface area contributed by atoms with E-state index in [4.69, 9.17) is 9.47 Å². The lowest BCUT2D eigenvalue weighted by atomic mass is 9.76. The van der Waals surface area contributed by atoms with Crippen LogP contribution in [0.3, 0.4) is 0 Å². The van der Waals surface area contributed by atoms with Gasteiger partial charge >= 0.3 is 0 Å². The third-order valence-electron chi connectivity index (χ3n) is 5.10. The lowest BCUT2D eigenvalue weighted by Gasteiger charge is -2.30. The van der Waals surface area contributed by atoms with Crippen molar-refractivity contribution in [3.63, 3.8) is 0 Å². The van der Waals surface area contributed by atoms with E-state index in [0.29, 0.717) is 5.78 Å². The highest BCUT2D eigenvalue weighted by molar-refractivity contribution is 5.79. The van der Waals surface area contributed by atoms with Crippen molar-refractivity contribution >= 4 is 5.78 Å². The Bertz CT molecular complexity index is 297. The van der Waals surface area contributed by atoms with Gasteiger partial charge < -0.3 is 9.47 Å². The number of carbonyl (C=O) groups is 1. The lowest BCUT2D eigenvalue weighted by molar-refractivity contribution is -0.165. The molecule has 0 aromatic carbocycles. The van der Waals surface area contributed by atoms with Gasteiger partial charge in [0.15, 0.2) is 5.79 Å². The maximum atomic E-state index is 11.3. The van der Waals surface area contributed by atoms with Crippen molar-refractivity contribution in [2.75, 3.05) is 13.2 Å². The largest absolute Gasteiger partial charge is 0.348 e. The second kappa shape index (κ2) is 5.30. The molecular formula is C15H24O3. The van der Waals surface area contributed by atoms with Gasteiger partial charge in [-0.3, -0.25) is 4.79 Å². The van der Waals surface area contributed by atoms with Crippen LogP contribution in [0.2, 0.25) is 0 Å². The van der Waals surface area contributed by atoms with Crippen LogP contribution in [0.25, 0.3) is 0 Å². The second-order valence-electron chi connectivity index (χ2n) is 6.17. The molecule has 18 heavy (non-hydrogen) atoms. The molecular weight excluding hydrogens is 228 g/mol. The lowest BCUT2D eigenvalue weighted by Crippen LogP contribution is -2.29. The van der Waals surface area contributed by atoms with Gasteiger partial charge in [-0.05, 0) is 43.9 Å². The molecule has 3 aliphatic rings. The minimum Gasteiger partial charge on any atom is -0.348 e. The minimum absolute atomic E-state index is 0.237. The first-order chi connectivity index (χ1) is 8.77. The molecule has 102 valence electrons. The van der Waals surface area contributed by atoms with Crippen molar-refractivity contribution in [3.05, 3.63) is 0 Å². The molecule has 1 heterocycles. The summed E-state index contributed by atoms with van der Waals surface area (Å²) in [5, 5.41) is 0. The Morgan fingerprint density at radius 2 is 1.56 bits per heavy atom. The van der Waals surface area contributed by atoms with Crippen LogP contribution < -0.4 is 0 Å². The molecule has 0 aromatic rings. The van der Waals surface area contributed by atoms with Gasteiger partial charge in [0.05, 0.1) is 13.2 Å². The molecule has 1 atom stereocenters. The fraction of sp³-hybridized carbons (Fsp3) is 0.933. The van der Waals surface area contributed by atoms with Crippen molar-refractivity contribution in [2.45, 2.75) is 63.6 Å². The first kappa shape index (κ1) is 12.6. The molecule has 2 aliphatic carbocycles. The maximum absolute atomic E-state index is 11.3. The average molecular weight is 252 g/mol. The Hall–Kier alpha value is -0.410. The van der Waals surface area contributed by atoms with Crippen LogP contribution in [0.1, 0.15) is 57.8 Å². The number of rotatable bonds is 1. The van der Waals surface area contributed by atoms with Crippen LogP contribution in [0.15, 0.2) is 0 Å². The van der Waals surface area contributed by atoms with Gasteiger partial charge in [-0.25, -0.2) is 0 Å². The SMILES string of the molecule is O=C1CCC(C2CCCC3(CC2)OCCO3)CC1. The van der Waals surface area contributed by atoms with E-state index in [-0.39, 0.29) is 5.79 Å². The third kappa shape index (κ3) is 2.62. The Balaban J connectivity index is 1.57. The zero-order chi connectivity index (χ0) is 12.4. The van der Waals surface area contributed by atoms with Crippen LogP contribution in [-0.2, 0) is 14.3 Å².